The van der Waals surface area contributed by atoms with E-state index in [1.54, 1.807) is 31.3 Å². The largest absolute Gasteiger partial charge is 0.477 e. The quantitative estimate of drug-likeness (QED) is 0.744. The van der Waals surface area contributed by atoms with Crippen LogP contribution in [0.3, 0.4) is 0 Å². The number of hydrogen-bond acceptors (Lipinski definition) is 4. The number of carboxylic acids is 1. The summed E-state index contributed by atoms with van der Waals surface area (Å²) in [6.45, 7) is 0. The predicted molar refractivity (Wildman–Crippen MR) is 71.1 cm³/mol. The average Bonchev–Trinajstić information content (AvgIpc) is 2.82. The van der Waals surface area contributed by atoms with E-state index >= 15 is 0 Å². The third-order valence-corrected chi connectivity index (χ3v) is 3.03. The van der Waals surface area contributed by atoms with Crippen LogP contribution in [0.25, 0.3) is 16.7 Å². The van der Waals surface area contributed by atoms with Gasteiger partial charge in [0.2, 0.25) is 0 Å². The molecule has 3 aromatic rings. The molecule has 0 saturated carbocycles. The second kappa shape index (κ2) is 4.30. The first-order valence-electron chi connectivity index (χ1n) is 5.81. The van der Waals surface area contributed by atoms with Gasteiger partial charge in [-0.2, -0.15) is 5.10 Å². The van der Waals surface area contributed by atoms with E-state index in [0.29, 0.717) is 10.9 Å². The lowest BCUT2D eigenvalue weighted by Gasteiger charge is -2.07. The number of aryl methyl sites for hydroxylation is 1. The number of benzene rings is 1. The minimum Gasteiger partial charge on any atom is -0.477 e. The second-order valence-electron chi connectivity index (χ2n) is 4.25. The Morgan fingerprint density at radius 2 is 2.05 bits per heavy atom. The topological polar surface area (TPSA) is 90.0 Å². The summed E-state index contributed by atoms with van der Waals surface area (Å²) in [5.74, 6) is -0.964. The molecule has 0 aliphatic carbocycles. The van der Waals surface area contributed by atoms with E-state index in [1.165, 1.54) is 21.8 Å². The van der Waals surface area contributed by atoms with Gasteiger partial charge in [-0.25, -0.2) is 14.3 Å². The van der Waals surface area contributed by atoms with Crippen molar-refractivity contribution in [2.24, 2.45) is 7.05 Å². The zero-order valence-electron chi connectivity index (χ0n) is 10.5. The Bertz CT molecular complexity index is 879. The fourth-order valence-electron chi connectivity index (χ4n) is 2.09. The van der Waals surface area contributed by atoms with Crippen molar-refractivity contribution in [1.82, 2.24) is 19.3 Å². The summed E-state index contributed by atoms with van der Waals surface area (Å²) < 4.78 is 2.53. The maximum absolute atomic E-state index is 12.4. The van der Waals surface area contributed by atoms with Crippen LogP contribution >= 0.6 is 0 Å². The first kappa shape index (κ1) is 12.1. The Morgan fingerprint density at radius 3 is 2.80 bits per heavy atom. The van der Waals surface area contributed by atoms with Crippen LogP contribution in [-0.2, 0) is 7.05 Å². The summed E-state index contributed by atoms with van der Waals surface area (Å²) in [7, 11) is 1.57. The molecule has 2 heterocycles. The smallest absolute Gasteiger partial charge is 0.341 e. The van der Waals surface area contributed by atoms with Crippen LogP contribution in [0.2, 0.25) is 0 Å². The number of fused-ring (bicyclic) bond motifs is 1. The lowest BCUT2D eigenvalue weighted by molar-refractivity contribution is 0.0697. The Kier molecular flexibility index (Phi) is 2.60. The SMILES string of the molecule is Cn1ncc(C(=O)O)c1-n1cnc2ccccc2c1=O. The molecule has 1 N–H and O–H groups in total. The van der Waals surface area contributed by atoms with Crippen molar-refractivity contribution in [3.05, 3.63) is 52.7 Å². The molecule has 7 heteroatoms. The first-order chi connectivity index (χ1) is 9.59. The molecule has 0 fully saturated rings. The molecule has 0 atom stereocenters. The van der Waals surface area contributed by atoms with Crippen molar-refractivity contribution in [3.8, 4) is 5.82 Å². The molecule has 1 aromatic carbocycles. The lowest BCUT2D eigenvalue weighted by Crippen LogP contribution is -2.23. The standard InChI is InChI=1S/C13H10N4O3/c1-16-11(9(6-15-16)13(19)20)17-7-14-10-5-3-2-4-8(10)12(17)18/h2-7H,1H3,(H,19,20). The lowest BCUT2D eigenvalue weighted by atomic mass is 10.2. The summed E-state index contributed by atoms with van der Waals surface area (Å²) in [5, 5.41) is 13.5. The van der Waals surface area contributed by atoms with Crippen molar-refractivity contribution in [3.63, 3.8) is 0 Å². The molecule has 0 unspecified atom stereocenters. The van der Waals surface area contributed by atoms with E-state index in [9.17, 15) is 9.59 Å². The Morgan fingerprint density at radius 1 is 1.30 bits per heavy atom. The van der Waals surface area contributed by atoms with E-state index in [4.69, 9.17) is 5.11 Å². The van der Waals surface area contributed by atoms with Gasteiger partial charge in [0, 0.05) is 7.05 Å². The van der Waals surface area contributed by atoms with Crippen LogP contribution in [0.1, 0.15) is 10.4 Å². The fourth-order valence-corrected chi connectivity index (χ4v) is 2.09. The van der Waals surface area contributed by atoms with Crippen LogP contribution in [0.5, 0.6) is 0 Å². The van der Waals surface area contributed by atoms with E-state index < -0.39 is 5.97 Å². The molecule has 100 valence electrons. The van der Waals surface area contributed by atoms with Gasteiger partial charge in [-0.05, 0) is 12.1 Å². The molecule has 0 bridgehead atoms. The van der Waals surface area contributed by atoms with E-state index in [1.807, 2.05) is 0 Å². The number of carbonyl (C=O) groups is 1. The van der Waals surface area contributed by atoms with E-state index in [2.05, 4.69) is 10.1 Å². The molecular weight excluding hydrogens is 260 g/mol. The van der Waals surface area contributed by atoms with Gasteiger partial charge in [-0.1, -0.05) is 12.1 Å². The number of para-hydroxylation sites is 1. The van der Waals surface area contributed by atoms with Gasteiger partial charge in [0.05, 0.1) is 17.1 Å². The summed E-state index contributed by atoms with van der Waals surface area (Å²) in [6.07, 6.45) is 2.52. The van der Waals surface area contributed by atoms with Gasteiger partial charge < -0.3 is 5.11 Å². The number of nitrogens with zero attached hydrogens (tertiary/aromatic N) is 4. The van der Waals surface area contributed by atoms with Crippen LogP contribution in [0, 0.1) is 0 Å². The highest BCUT2D eigenvalue weighted by Crippen LogP contribution is 2.13. The van der Waals surface area contributed by atoms with Crippen molar-refractivity contribution >= 4 is 16.9 Å². The molecule has 0 saturated heterocycles. The van der Waals surface area contributed by atoms with Crippen LogP contribution < -0.4 is 5.56 Å². The van der Waals surface area contributed by atoms with Gasteiger partial charge in [0.1, 0.15) is 11.9 Å². The summed E-state index contributed by atoms with van der Waals surface area (Å²) in [4.78, 5) is 27.8. The minimum atomic E-state index is -1.15. The molecule has 0 aliphatic heterocycles. The number of carboxylic acid groups (broad SMARTS) is 1. The molecule has 2 aromatic heterocycles. The summed E-state index contributed by atoms with van der Waals surface area (Å²) in [6, 6.07) is 6.89. The maximum atomic E-state index is 12.4. The summed E-state index contributed by atoms with van der Waals surface area (Å²) in [5.41, 5.74) is 0.182. The van der Waals surface area contributed by atoms with Crippen molar-refractivity contribution < 1.29 is 9.90 Å². The van der Waals surface area contributed by atoms with Crippen molar-refractivity contribution in [2.75, 3.05) is 0 Å². The molecule has 0 aliphatic rings. The third kappa shape index (κ3) is 1.68. The number of aromatic nitrogens is 4. The van der Waals surface area contributed by atoms with Crippen molar-refractivity contribution in [2.45, 2.75) is 0 Å². The highest BCUT2D eigenvalue weighted by Gasteiger charge is 2.18. The van der Waals surface area contributed by atoms with Crippen LogP contribution in [-0.4, -0.2) is 30.4 Å². The number of rotatable bonds is 2. The Hall–Kier alpha value is -2.96. The molecule has 0 radical (unpaired) electrons. The van der Waals surface area contributed by atoms with Gasteiger partial charge >= 0.3 is 5.97 Å². The first-order valence-corrected chi connectivity index (χ1v) is 5.81. The minimum absolute atomic E-state index is 0.0494. The summed E-state index contributed by atoms with van der Waals surface area (Å²) >= 11 is 0. The molecule has 0 spiro atoms. The van der Waals surface area contributed by atoms with Crippen LogP contribution in [0.4, 0.5) is 0 Å². The third-order valence-electron chi connectivity index (χ3n) is 3.03. The average molecular weight is 270 g/mol. The molecular formula is C13H10N4O3. The molecule has 0 amide bonds. The van der Waals surface area contributed by atoms with Gasteiger partial charge in [0.15, 0.2) is 5.82 Å². The predicted octanol–water partition coefficient (Wildman–Crippen LogP) is 0.817. The molecule has 7 nitrogen and oxygen atoms in total. The van der Waals surface area contributed by atoms with Gasteiger partial charge in [-0.3, -0.25) is 9.48 Å². The Balaban J connectivity index is 2.36. The maximum Gasteiger partial charge on any atom is 0.341 e. The second-order valence-corrected chi connectivity index (χ2v) is 4.25. The normalized spacial score (nSPS) is 10.8. The van der Waals surface area contributed by atoms with E-state index in [0.717, 1.165) is 0 Å². The molecule has 20 heavy (non-hydrogen) atoms. The number of aromatic carboxylic acids is 1. The zero-order valence-corrected chi connectivity index (χ0v) is 10.5. The highest BCUT2D eigenvalue weighted by molar-refractivity contribution is 5.91. The van der Waals surface area contributed by atoms with Crippen molar-refractivity contribution in [1.29, 1.82) is 0 Å². The monoisotopic (exact) mass is 270 g/mol. The Labute approximate surface area is 112 Å². The van der Waals surface area contributed by atoms with Crippen LogP contribution in [0.15, 0.2) is 41.6 Å². The number of hydrogen-bond donors (Lipinski definition) is 1. The molecule has 3 rings (SSSR count). The highest BCUT2D eigenvalue weighted by atomic mass is 16.4. The van der Waals surface area contributed by atoms with Gasteiger partial charge in [0.25, 0.3) is 5.56 Å². The zero-order chi connectivity index (χ0) is 14.3. The van der Waals surface area contributed by atoms with E-state index in [-0.39, 0.29) is 16.9 Å². The van der Waals surface area contributed by atoms with Gasteiger partial charge in [-0.15, -0.1) is 0 Å². The fraction of sp³-hybridized carbons (Fsp3) is 0.0769.